The first kappa shape index (κ1) is 30.5. The summed E-state index contributed by atoms with van der Waals surface area (Å²) in [6.45, 7) is 6.03. The summed E-state index contributed by atoms with van der Waals surface area (Å²) in [5.41, 5.74) is 2.30. The molecule has 2 fully saturated rings. The SMILES string of the molecule is CC(C)(C)c1ccc(C(=O)NC(Cc2ccc(F)cc2)C(=O)N2CCC3C2C(=O)CN3S(=O)(=O)Cc2ccccn2)cc1. The molecule has 1 aromatic heterocycles. The number of benzene rings is 2. The van der Waals surface area contributed by atoms with E-state index >= 15 is 0 Å². The van der Waals surface area contributed by atoms with Crippen molar-refractivity contribution in [2.24, 2.45) is 0 Å². The van der Waals surface area contributed by atoms with Crippen LogP contribution in [0.25, 0.3) is 0 Å². The fourth-order valence-electron chi connectivity index (χ4n) is 5.76. The van der Waals surface area contributed by atoms with Crippen molar-refractivity contribution in [3.63, 3.8) is 0 Å². The molecule has 2 aliphatic heterocycles. The zero-order chi connectivity index (χ0) is 30.9. The number of ketones is 1. The Kier molecular flexibility index (Phi) is 8.49. The fourth-order valence-corrected chi connectivity index (χ4v) is 7.42. The first-order chi connectivity index (χ1) is 20.3. The van der Waals surface area contributed by atoms with E-state index in [4.69, 9.17) is 0 Å². The maximum atomic E-state index is 14.0. The number of nitrogens with zero attached hydrogens (tertiary/aromatic N) is 3. The standard InChI is InChI=1S/C32H35FN4O5S/c1-32(2,3)23-11-9-22(10-12-23)30(39)35-26(18-21-7-13-24(33)14-8-21)31(40)36-17-15-27-29(36)28(38)19-37(27)43(41,42)20-25-6-4-5-16-34-25/h4-14,16,26-27,29H,15,17-20H2,1-3H3,(H,35,39). The molecule has 2 saturated heterocycles. The van der Waals surface area contributed by atoms with E-state index in [0.29, 0.717) is 16.8 Å². The number of aromatic nitrogens is 1. The highest BCUT2D eigenvalue weighted by Crippen LogP contribution is 2.33. The molecule has 1 N–H and O–H groups in total. The zero-order valence-corrected chi connectivity index (χ0v) is 25.2. The van der Waals surface area contributed by atoms with Gasteiger partial charge in [-0.05, 0) is 59.4 Å². The van der Waals surface area contributed by atoms with Crippen LogP contribution in [0.2, 0.25) is 0 Å². The summed E-state index contributed by atoms with van der Waals surface area (Å²) < 4.78 is 41.4. The second kappa shape index (κ2) is 12.0. The van der Waals surface area contributed by atoms with E-state index in [2.05, 4.69) is 31.1 Å². The Hall–Kier alpha value is -3.96. The monoisotopic (exact) mass is 606 g/mol. The normalized spacial score (nSPS) is 19.7. The molecule has 9 nitrogen and oxygen atoms in total. The fraction of sp³-hybridized carbons (Fsp3) is 0.375. The Bertz CT molecular complexity index is 1610. The molecule has 2 amide bonds. The van der Waals surface area contributed by atoms with Crippen LogP contribution >= 0.6 is 0 Å². The molecule has 2 aromatic carbocycles. The van der Waals surface area contributed by atoms with Gasteiger partial charge in [0, 0.05) is 24.7 Å². The smallest absolute Gasteiger partial charge is 0.251 e. The third kappa shape index (κ3) is 6.67. The third-order valence-corrected chi connectivity index (χ3v) is 9.82. The number of carbonyl (C=O) groups is 3. The predicted molar refractivity (Wildman–Crippen MR) is 159 cm³/mol. The van der Waals surface area contributed by atoms with E-state index in [1.807, 2.05) is 12.1 Å². The Morgan fingerprint density at radius 2 is 1.74 bits per heavy atom. The van der Waals surface area contributed by atoms with E-state index in [9.17, 15) is 27.2 Å². The highest BCUT2D eigenvalue weighted by Gasteiger charge is 2.54. The Morgan fingerprint density at radius 1 is 1.05 bits per heavy atom. The van der Waals surface area contributed by atoms with Crippen molar-refractivity contribution >= 4 is 27.6 Å². The quantitative estimate of drug-likeness (QED) is 0.421. The highest BCUT2D eigenvalue weighted by molar-refractivity contribution is 7.88. The summed E-state index contributed by atoms with van der Waals surface area (Å²) in [5.74, 6) is -2.11. The highest BCUT2D eigenvalue weighted by atomic mass is 32.2. The van der Waals surface area contributed by atoms with Gasteiger partial charge in [-0.1, -0.05) is 51.1 Å². The zero-order valence-electron chi connectivity index (χ0n) is 24.4. The van der Waals surface area contributed by atoms with Gasteiger partial charge >= 0.3 is 0 Å². The number of carbonyl (C=O) groups excluding carboxylic acids is 3. The van der Waals surface area contributed by atoms with Crippen molar-refractivity contribution < 1.29 is 27.2 Å². The number of Topliss-reactive ketones (excluding diaryl/α,β-unsaturated/α-hetero) is 1. The summed E-state index contributed by atoms with van der Waals surface area (Å²) in [4.78, 5) is 46.0. The number of amides is 2. The second-order valence-electron chi connectivity index (χ2n) is 12.1. The number of hydrogen-bond donors (Lipinski definition) is 1. The molecule has 3 heterocycles. The molecular formula is C32H35FN4O5S. The molecule has 5 rings (SSSR count). The van der Waals surface area contributed by atoms with Gasteiger partial charge in [0.05, 0.1) is 18.3 Å². The average molecular weight is 607 g/mol. The largest absolute Gasteiger partial charge is 0.340 e. The first-order valence-electron chi connectivity index (χ1n) is 14.2. The molecule has 0 radical (unpaired) electrons. The summed E-state index contributed by atoms with van der Waals surface area (Å²) in [6.07, 6.45) is 1.86. The third-order valence-electron chi connectivity index (χ3n) is 8.04. The molecule has 3 unspecified atom stereocenters. The van der Waals surface area contributed by atoms with E-state index in [0.717, 1.165) is 5.56 Å². The summed E-state index contributed by atoms with van der Waals surface area (Å²) in [6, 6.07) is 15.1. The number of hydrogen-bond acceptors (Lipinski definition) is 6. The molecule has 0 saturated carbocycles. The molecule has 11 heteroatoms. The van der Waals surface area contributed by atoms with Crippen LogP contribution in [-0.2, 0) is 37.2 Å². The van der Waals surface area contributed by atoms with Crippen LogP contribution < -0.4 is 5.32 Å². The lowest BCUT2D eigenvalue weighted by molar-refractivity contribution is -0.138. The minimum absolute atomic E-state index is 0.0642. The Labute approximate surface area is 251 Å². The molecule has 0 bridgehead atoms. The number of fused-ring (bicyclic) bond motifs is 1. The number of likely N-dealkylation sites (tertiary alicyclic amines) is 1. The maximum Gasteiger partial charge on any atom is 0.251 e. The molecular weight excluding hydrogens is 571 g/mol. The van der Waals surface area contributed by atoms with Crippen molar-refractivity contribution in [2.45, 2.75) is 62.9 Å². The Morgan fingerprint density at radius 3 is 2.37 bits per heavy atom. The summed E-state index contributed by atoms with van der Waals surface area (Å²) >= 11 is 0. The van der Waals surface area contributed by atoms with Gasteiger partial charge in [-0.15, -0.1) is 0 Å². The molecule has 3 atom stereocenters. The van der Waals surface area contributed by atoms with E-state index in [1.165, 1.54) is 27.5 Å². The number of pyridine rings is 1. The van der Waals surface area contributed by atoms with Crippen LogP contribution in [0.1, 0.15) is 54.4 Å². The second-order valence-corrected chi connectivity index (χ2v) is 14.0. The molecule has 226 valence electrons. The van der Waals surface area contributed by atoms with E-state index < -0.39 is 45.8 Å². The minimum atomic E-state index is -3.88. The van der Waals surface area contributed by atoms with Crippen LogP contribution in [0, 0.1) is 5.82 Å². The number of halogens is 1. The van der Waals surface area contributed by atoms with Crippen LogP contribution in [0.5, 0.6) is 0 Å². The van der Waals surface area contributed by atoms with Gasteiger partial charge in [-0.25, -0.2) is 12.8 Å². The van der Waals surface area contributed by atoms with E-state index in [1.54, 1.807) is 42.5 Å². The van der Waals surface area contributed by atoms with Crippen molar-refractivity contribution in [1.82, 2.24) is 19.5 Å². The molecule has 43 heavy (non-hydrogen) atoms. The summed E-state index contributed by atoms with van der Waals surface area (Å²) in [7, 11) is -3.88. The van der Waals surface area contributed by atoms with Crippen LogP contribution in [0.4, 0.5) is 4.39 Å². The van der Waals surface area contributed by atoms with Gasteiger partial charge in [-0.2, -0.15) is 4.31 Å². The lowest BCUT2D eigenvalue weighted by Gasteiger charge is -2.28. The number of rotatable bonds is 8. The predicted octanol–water partition coefficient (Wildman–Crippen LogP) is 3.24. The topological polar surface area (TPSA) is 117 Å². The average Bonchev–Trinajstić information content (AvgIpc) is 3.55. The van der Waals surface area contributed by atoms with Crippen molar-refractivity contribution in [3.05, 3.63) is 101 Å². The Balaban J connectivity index is 1.37. The maximum absolute atomic E-state index is 14.0. The van der Waals surface area contributed by atoms with Crippen LogP contribution in [0.3, 0.4) is 0 Å². The number of sulfonamides is 1. The first-order valence-corrected chi connectivity index (χ1v) is 15.8. The van der Waals surface area contributed by atoms with Crippen molar-refractivity contribution in [2.75, 3.05) is 13.1 Å². The van der Waals surface area contributed by atoms with Gasteiger partial charge < -0.3 is 10.2 Å². The van der Waals surface area contributed by atoms with Gasteiger partial charge in [-0.3, -0.25) is 19.4 Å². The number of nitrogens with one attached hydrogen (secondary N) is 1. The van der Waals surface area contributed by atoms with Gasteiger partial charge in [0.25, 0.3) is 5.91 Å². The van der Waals surface area contributed by atoms with Crippen LogP contribution in [-0.4, -0.2) is 71.4 Å². The van der Waals surface area contributed by atoms with E-state index in [-0.39, 0.29) is 42.9 Å². The minimum Gasteiger partial charge on any atom is -0.340 e. The summed E-state index contributed by atoms with van der Waals surface area (Å²) in [5, 5.41) is 2.82. The van der Waals surface area contributed by atoms with Gasteiger partial charge in [0.15, 0.2) is 5.78 Å². The van der Waals surface area contributed by atoms with Gasteiger partial charge in [0.1, 0.15) is 23.7 Å². The molecule has 2 aliphatic rings. The lowest BCUT2D eigenvalue weighted by Crippen LogP contribution is -2.53. The van der Waals surface area contributed by atoms with Crippen molar-refractivity contribution in [1.29, 1.82) is 0 Å². The van der Waals surface area contributed by atoms with Gasteiger partial charge in [0.2, 0.25) is 15.9 Å². The molecule has 3 aromatic rings. The molecule has 0 spiro atoms. The van der Waals surface area contributed by atoms with Crippen LogP contribution in [0.15, 0.2) is 72.9 Å². The molecule has 0 aliphatic carbocycles. The van der Waals surface area contributed by atoms with Crippen molar-refractivity contribution in [3.8, 4) is 0 Å². The lowest BCUT2D eigenvalue weighted by atomic mass is 9.86.